The maximum absolute atomic E-state index is 8.73. The van der Waals surface area contributed by atoms with Gasteiger partial charge in [0.2, 0.25) is 0 Å². The monoisotopic (exact) mass is 157 g/mol. The van der Waals surface area contributed by atoms with Gasteiger partial charge in [-0.3, -0.25) is 4.90 Å². The molecule has 0 aliphatic carbocycles. The van der Waals surface area contributed by atoms with E-state index >= 15 is 0 Å². The normalized spacial score (nSPS) is 37.9. The van der Waals surface area contributed by atoms with Crippen LogP contribution in [0.1, 0.15) is 6.42 Å². The molecule has 2 heterocycles. The van der Waals surface area contributed by atoms with Crippen LogP contribution in [0.2, 0.25) is 0 Å². The standard InChI is InChI=1S/C8H15NO2/c10-2-1-9-4-7-3-8(5-9)11-6-7/h7-8,10H,1-6H2. The highest BCUT2D eigenvalue weighted by molar-refractivity contribution is 4.84. The highest BCUT2D eigenvalue weighted by atomic mass is 16.5. The van der Waals surface area contributed by atoms with Crippen molar-refractivity contribution >= 4 is 0 Å². The van der Waals surface area contributed by atoms with Gasteiger partial charge in [-0.15, -0.1) is 0 Å². The van der Waals surface area contributed by atoms with E-state index in [4.69, 9.17) is 9.84 Å². The molecule has 2 unspecified atom stereocenters. The minimum Gasteiger partial charge on any atom is -0.395 e. The topological polar surface area (TPSA) is 32.7 Å². The lowest BCUT2D eigenvalue weighted by Gasteiger charge is -2.29. The van der Waals surface area contributed by atoms with Crippen molar-refractivity contribution < 1.29 is 9.84 Å². The molecule has 3 heteroatoms. The second kappa shape index (κ2) is 3.09. The summed E-state index contributed by atoms with van der Waals surface area (Å²) in [5, 5.41) is 8.73. The predicted octanol–water partition coefficient (Wildman–Crippen LogP) is -0.301. The average Bonchev–Trinajstić information content (AvgIpc) is 2.32. The lowest BCUT2D eigenvalue weighted by molar-refractivity contribution is 0.0770. The van der Waals surface area contributed by atoms with Gasteiger partial charge >= 0.3 is 0 Å². The number of hydrogen-bond acceptors (Lipinski definition) is 3. The molecule has 0 amide bonds. The van der Waals surface area contributed by atoms with E-state index in [-0.39, 0.29) is 6.61 Å². The number of hydrogen-bond donors (Lipinski definition) is 1. The fraction of sp³-hybridized carbons (Fsp3) is 1.00. The van der Waals surface area contributed by atoms with Crippen LogP contribution < -0.4 is 0 Å². The molecular weight excluding hydrogens is 142 g/mol. The summed E-state index contributed by atoms with van der Waals surface area (Å²) in [6.07, 6.45) is 1.70. The molecule has 0 radical (unpaired) electrons. The smallest absolute Gasteiger partial charge is 0.0706 e. The van der Waals surface area contributed by atoms with Crippen molar-refractivity contribution in [3.05, 3.63) is 0 Å². The van der Waals surface area contributed by atoms with Crippen molar-refractivity contribution in [3.8, 4) is 0 Å². The van der Waals surface area contributed by atoms with Crippen molar-refractivity contribution in [1.29, 1.82) is 0 Å². The van der Waals surface area contributed by atoms with Gasteiger partial charge in [-0.05, 0) is 12.3 Å². The van der Waals surface area contributed by atoms with Gasteiger partial charge in [-0.2, -0.15) is 0 Å². The van der Waals surface area contributed by atoms with Crippen LogP contribution in [0.3, 0.4) is 0 Å². The summed E-state index contributed by atoms with van der Waals surface area (Å²) < 4.78 is 5.53. The molecule has 2 saturated heterocycles. The predicted molar refractivity (Wildman–Crippen MR) is 41.4 cm³/mol. The molecule has 1 N–H and O–H groups in total. The number of likely N-dealkylation sites (tertiary alicyclic amines) is 1. The van der Waals surface area contributed by atoms with E-state index in [9.17, 15) is 0 Å². The number of β-amino-alcohol motifs (C(OH)–C–C–N with tert-alkyl or cyclic N) is 1. The molecule has 0 aromatic carbocycles. The molecule has 64 valence electrons. The number of aliphatic hydroxyl groups is 1. The highest BCUT2D eigenvalue weighted by Crippen LogP contribution is 2.26. The Labute approximate surface area is 66.9 Å². The fourth-order valence-corrected chi connectivity index (χ4v) is 2.09. The second-order valence-electron chi connectivity index (χ2n) is 3.54. The van der Waals surface area contributed by atoms with Crippen molar-refractivity contribution in [1.82, 2.24) is 4.90 Å². The molecule has 3 nitrogen and oxygen atoms in total. The van der Waals surface area contributed by atoms with E-state index in [0.29, 0.717) is 6.10 Å². The summed E-state index contributed by atoms with van der Waals surface area (Å²) in [4.78, 5) is 2.30. The van der Waals surface area contributed by atoms with E-state index in [1.54, 1.807) is 0 Å². The van der Waals surface area contributed by atoms with Crippen LogP contribution in [0.25, 0.3) is 0 Å². The summed E-state index contributed by atoms with van der Waals surface area (Å²) in [5.74, 6) is 0.736. The molecule has 0 aromatic rings. The Balaban J connectivity index is 1.87. The zero-order valence-corrected chi connectivity index (χ0v) is 6.70. The summed E-state index contributed by atoms with van der Waals surface area (Å²) in [6, 6.07) is 0. The van der Waals surface area contributed by atoms with E-state index < -0.39 is 0 Å². The maximum Gasteiger partial charge on any atom is 0.0706 e. The lowest BCUT2D eigenvalue weighted by Crippen LogP contribution is -2.40. The van der Waals surface area contributed by atoms with Gasteiger partial charge in [-0.25, -0.2) is 0 Å². The van der Waals surface area contributed by atoms with E-state index in [2.05, 4.69) is 4.90 Å². The molecular formula is C8H15NO2. The first-order valence-corrected chi connectivity index (χ1v) is 4.33. The lowest BCUT2D eigenvalue weighted by atomic mass is 10.0. The summed E-state index contributed by atoms with van der Waals surface area (Å²) in [5.41, 5.74) is 0. The minimum absolute atomic E-state index is 0.277. The Kier molecular flexibility index (Phi) is 2.11. The number of ether oxygens (including phenoxy) is 1. The Hall–Kier alpha value is -0.120. The molecule has 2 fully saturated rings. The molecule has 0 spiro atoms. The van der Waals surface area contributed by atoms with E-state index in [1.165, 1.54) is 6.42 Å². The molecule has 11 heavy (non-hydrogen) atoms. The van der Waals surface area contributed by atoms with Crippen LogP contribution in [-0.4, -0.2) is 49.0 Å². The minimum atomic E-state index is 0.277. The second-order valence-corrected chi connectivity index (χ2v) is 3.54. The fourth-order valence-electron chi connectivity index (χ4n) is 2.09. The van der Waals surface area contributed by atoms with Crippen LogP contribution in [0.4, 0.5) is 0 Å². The molecule has 2 aliphatic heterocycles. The van der Waals surface area contributed by atoms with Crippen molar-refractivity contribution in [3.63, 3.8) is 0 Å². The zero-order valence-electron chi connectivity index (χ0n) is 6.70. The van der Waals surface area contributed by atoms with Gasteiger partial charge in [0, 0.05) is 19.6 Å². The van der Waals surface area contributed by atoms with Gasteiger partial charge in [0.1, 0.15) is 0 Å². The summed E-state index contributed by atoms with van der Waals surface area (Å²) in [6.45, 7) is 4.18. The molecule has 2 rings (SSSR count). The number of aliphatic hydroxyl groups excluding tert-OH is 1. The number of nitrogens with zero attached hydrogens (tertiary/aromatic N) is 1. The quantitative estimate of drug-likeness (QED) is 0.597. The van der Waals surface area contributed by atoms with Gasteiger partial charge in [0.15, 0.2) is 0 Å². The largest absolute Gasteiger partial charge is 0.395 e. The van der Waals surface area contributed by atoms with Crippen molar-refractivity contribution in [2.24, 2.45) is 5.92 Å². The van der Waals surface area contributed by atoms with Gasteiger partial charge in [-0.1, -0.05) is 0 Å². The molecule has 0 aromatic heterocycles. The Morgan fingerprint density at radius 2 is 2.36 bits per heavy atom. The first-order valence-electron chi connectivity index (χ1n) is 4.33. The van der Waals surface area contributed by atoms with Crippen LogP contribution in [0, 0.1) is 5.92 Å². The van der Waals surface area contributed by atoms with Crippen molar-refractivity contribution in [2.45, 2.75) is 12.5 Å². The third kappa shape index (κ3) is 1.55. The Morgan fingerprint density at radius 1 is 1.45 bits per heavy atom. The van der Waals surface area contributed by atoms with E-state index in [0.717, 1.165) is 32.2 Å². The third-order valence-electron chi connectivity index (χ3n) is 2.56. The first-order chi connectivity index (χ1) is 5.38. The molecule has 2 atom stereocenters. The average molecular weight is 157 g/mol. The zero-order chi connectivity index (χ0) is 7.68. The van der Waals surface area contributed by atoms with Gasteiger partial charge in [0.05, 0.1) is 19.3 Å². The van der Waals surface area contributed by atoms with E-state index in [1.807, 2.05) is 0 Å². The van der Waals surface area contributed by atoms with Crippen LogP contribution in [-0.2, 0) is 4.74 Å². The highest BCUT2D eigenvalue weighted by Gasteiger charge is 2.33. The van der Waals surface area contributed by atoms with Gasteiger partial charge in [0.25, 0.3) is 0 Å². The third-order valence-corrected chi connectivity index (χ3v) is 2.56. The molecule has 2 bridgehead atoms. The molecule has 0 saturated carbocycles. The number of piperidine rings is 1. The van der Waals surface area contributed by atoms with Crippen LogP contribution in [0.5, 0.6) is 0 Å². The van der Waals surface area contributed by atoms with Crippen molar-refractivity contribution in [2.75, 3.05) is 32.8 Å². The summed E-state index contributed by atoms with van der Waals surface area (Å²) >= 11 is 0. The Bertz CT molecular complexity index is 128. The Morgan fingerprint density at radius 3 is 3.09 bits per heavy atom. The number of fused-ring (bicyclic) bond motifs is 2. The number of rotatable bonds is 2. The first kappa shape index (κ1) is 7.53. The molecule has 2 aliphatic rings. The van der Waals surface area contributed by atoms with Crippen LogP contribution >= 0.6 is 0 Å². The van der Waals surface area contributed by atoms with Crippen LogP contribution in [0.15, 0.2) is 0 Å². The maximum atomic E-state index is 8.73. The van der Waals surface area contributed by atoms with Gasteiger partial charge < -0.3 is 9.84 Å². The SMILES string of the molecule is OCCN1CC2COC(C2)C1. The summed E-state index contributed by atoms with van der Waals surface area (Å²) in [7, 11) is 0.